The van der Waals surface area contributed by atoms with Crippen LogP contribution < -0.4 is 56.5 Å². The summed E-state index contributed by atoms with van der Waals surface area (Å²) in [6, 6.07) is 8.36. The van der Waals surface area contributed by atoms with Gasteiger partial charge in [-0.25, -0.2) is 4.79 Å². The monoisotopic (exact) mass is 441 g/mol. The van der Waals surface area contributed by atoms with Crippen LogP contribution in [0.15, 0.2) is 35.3 Å². The van der Waals surface area contributed by atoms with Crippen molar-refractivity contribution in [1.82, 2.24) is 0 Å². The average molecular weight is 442 g/mol. The van der Waals surface area contributed by atoms with Gasteiger partial charge >= 0.3 is 57.4 Å². The Morgan fingerprint density at radius 3 is 1.80 bits per heavy atom. The molecule has 0 saturated carbocycles. The normalized spacial score (nSPS) is 12.4. The second kappa shape index (κ2) is 20.7. The van der Waals surface area contributed by atoms with Crippen LogP contribution in [0.3, 0.4) is 0 Å². The molecule has 1 rings (SSSR count). The molecule has 0 aliphatic rings. The second-order valence-electron chi connectivity index (χ2n) is 8.06. The van der Waals surface area contributed by atoms with Crippen molar-refractivity contribution in [2.24, 2.45) is 4.99 Å². The minimum Gasteiger partial charge on any atom is -0.862 e. The summed E-state index contributed by atoms with van der Waals surface area (Å²) in [5, 5.41) is 21.3. The third-order valence-corrected chi connectivity index (χ3v) is 5.35. The van der Waals surface area contributed by atoms with Gasteiger partial charge in [0, 0.05) is 6.42 Å². The van der Waals surface area contributed by atoms with Crippen LogP contribution in [0.25, 0.3) is 0 Å². The number of carboxylic acid groups (broad SMARTS) is 1. The molecule has 0 aromatic heterocycles. The van der Waals surface area contributed by atoms with Gasteiger partial charge in [0.15, 0.2) is 0 Å². The molecule has 0 heterocycles. The molecule has 30 heavy (non-hydrogen) atoms. The van der Waals surface area contributed by atoms with Gasteiger partial charge < -0.3 is 10.2 Å². The van der Waals surface area contributed by atoms with Crippen molar-refractivity contribution in [3.63, 3.8) is 0 Å². The Labute approximate surface area is 226 Å². The van der Waals surface area contributed by atoms with Crippen LogP contribution in [0.5, 0.6) is 0 Å². The van der Waals surface area contributed by atoms with Gasteiger partial charge in [0.25, 0.3) is 0 Å². The molecular formula is C25H40KNO3. The topological polar surface area (TPSA) is 72.7 Å². The van der Waals surface area contributed by atoms with Crippen molar-refractivity contribution in [1.29, 1.82) is 0 Å². The SMILES string of the molecule is CCCCCCCCCCCCCCCC([O-])=N[C@@H](Cc1ccccc1)C(=O)O.[K+]. The minimum absolute atomic E-state index is 0. The Bertz CT molecular complexity index is 563. The predicted octanol–water partition coefficient (Wildman–Crippen LogP) is 2.93. The summed E-state index contributed by atoms with van der Waals surface area (Å²) in [6.07, 6.45) is 17.0. The van der Waals surface area contributed by atoms with Crippen molar-refractivity contribution in [2.45, 2.75) is 109 Å². The van der Waals surface area contributed by atoms with E-state index in [0.29, 0.717) is 6.42 Å². The maximum Gasteiger partial charge on any atom is 1.00 e. The zero-order chi connectivity index (χ0) is 21.2. The second-order valence-corrected chi connectivity index (χ2v) is 8.06. The third kappa shape index (κ3) is 16.5. The number of hydrogen-bond donors (Lipinski definition) is 1. The number of benzene rings is 1. The van der Waals surface area contributed by atoms with Gasteiger partial charge in [-0.15, -0.1) is 0 Å². The third-order valence-electron chi connectivity index (χ3n) is 5.35. The summed E-state index contributed by atoms with van der Waals surface area (Å²) in [5.41, 5.74) is 0.886. The van der Waals surface area contributed by atoms with Gasteiger partial charge in [-0.2, -0.15) is 0 Å². The minimum atomic E-state index is -1.03. The molecule has 0 unspecified atom stereocenters. The number of nitrogens with zero attached hydrogens (tertiary/aromatic N) is 1. The van der Waals surface area contributed by atoms with Gasteiger partial charge in [0.1, 0.15) is 6.04 Å². The first-order chi connectivity index (χ1) is 14.1. The van der Waals surface area contributed by atoms with Gasteiger partial charge in [0.2, 0.25) is 0 Å². The molecule has 0 aliphatic heterocycles. The zero-order valence-electron chi connectivity index (χ0n) is 19.3. The summed E-state index contributed by atoms with van der Waals surface area (Å²) in [6.45, 7) is 2.25. The van der Waals surface area contributed by atoms with Crippen LogP contribution >= 0.6 is 0 Å². The molecule has 0 bridgehead atoms. The van der Waals surface area contributed by atoms with Gasteiger partial charge in [-0.3, -0.25) is 4.99 Å². The number of rotatable bonds is 18. The molecular weight excluding hydrogens is 401 g/mol. The number of carboxylic acids is 1. The summed E-state index contributed by atoms with van der Waals surface area (Å²) < 4.78 is 0. The van der Waals surface area contributed by atoms with E-state index in [-0.39, 0.29) is 63.7 Å². The van der Waals surface area contributed by atoms with Crippen LogP contribution in [0.2, 0.25) is 0 Å². The molecule has 0 aliphatic carbocycles. The fraction of sp³-hybridized carbons (Fsp3) is 0.680. The number of aliphatic carboxylic acids is 1. The molecule has 0 spiro atoms. The van der Waals surface area contributed by atoms with Crippen LogP contribution in [0, 0.1) is 0 Å². The van der Waals surface area contributed by atoms with E-state index in [1.165, 1.54) is 64.2 Å². The van der Waals surface area contributed by atoms with Crippen molar-refractivity contribution in [3.05, 3.63) is 35.9 Å². The van der Waals surface area contributed by atoms with E-state index in [1.807, 2.05) is 30.3 Å². The number of aliphatic imine (C=N–C) groups is 1. The summed E-state index contributed by atoms with van der Waals surface area (Å²) in [4.78, 5) is 15.3. The molecule has 1 atom stereocenters. The average Bonchev–Trinajstić information content (AvgIpc) is 2.71. The van der Waals surface area contributed by atoms with Crippen molar-refractivity contribution < 1.29 is 66.4 Å². The number of hydrogen-bond acceptors (Lipinski definition) is 3. The number of unbranched alkanes of at least 4 members (excludes halogenated alkanes) is 12. The van der Waals surface area contributed by atoms with E-state index in [1.54, 1.807) is 0 Å². The van der Waals surface area contributed by atoms with E-state index in [4.69, 9.17) is 0 Å². The van der Waals surface area contributed by atoms with Gasteiger partial charge in [0.05, 0.1) is 0 Å². The van der Waals surface area contributed by atoms with Crippen molar-refractivity contribution >= 4 is 11.9 Å². The molecule has 1 N–H and O–H groups in total. The molecule has 164 valence electrons. The quantitative estimate of drug-likeness (QED) is 0.165. The molecule has 0 fully saturated rings. The standard InChI is InChI=1S/C25H41NO3.K/c1-2-3-4-5-6-7-8-9-10-11-12-13-17-20-24(27)26-23(25(28)29)21-22-18-15-14-16-19-22;/h14-16,18-19,23H,2-13,17,20-21H2,1H3,(H,26,27)(H,28,29);/q;+1/p-1/t23-;/m0./s1. The molecule has 0 saturated heterocycles. The first-order valence-electron chi connectivity index (χ1n) is 11.6. The summed E-state index contributed by atoms with van der Waals surface area (Å²) >= 11 is 0. The summed E-state index contributed by atoms with van der Waals surface area (Å²) in [7, 11) is 0. The van der Waals surface area contributed by atoms with Gasteiger partial charge in [-0.05, 0) is 24.3 Å². The van der Waals surface area contributed by atoms with E-state index in [0.717, 1.165) is 24.8 Å². The van der Waals surface area contributed by atoms with Crippen LogP contribution in [0.4, 0.5) is 0 Å². The largest absolute Gasteiger partial charge is 1.00 e. The van der Waals surface area contributed by atoms with E-state index in [9.17, 15) is 15.0 Å². The van der Waals surface area contributed by atoms with Crippen LogP contribution in [0.1, 0.15) is 102 Å². The fourth-order valence-electron chi connectivity index (χ4n) is 3.56. The molecule has 0 amide bonds. The van der Waals surface area contributed by atoms with Crippen molar-refractivity contribution in [2.75, 3.05) is 0 Å². The Kier molecular flexibility index (Phi) is 20.5. The maximum absolute atomic E-state index is 12.0. The van der Waals surface area contributed by atoms with Gasteiger partial charge in [-0.1, -0.05) is 114 Å². The fourth-order valence-corrected chi connectivity index (χ4v) is 3.56. The first kappa shape index (κ1) is 29.8. The Morgan fingerprint density at radius 1 is 0.867 bits per heavy atom. The van der Waals surface area contributed by atoms with Crippen molar-refractivity contribution in [3.8, 4) is 0 Å². The maximum atomic E-state index is 12.0. The van der Waals surface area contributed by atoms with Crippen LogP contribution in [-0.2, 0) is 11.2 Å². The van der Waals surface area contributed by atoms with E-state index >= 15 is 0 Å². The van der Waals surface area contributed by atoms with E-state index < -0.39 is 12.0 Å². The predicted molar refractivity (Wildman–Crippen MR) is 119 cm³/mol. The zero-order valence-corrected chi connectivity index (χ0v) is 22.4. The Morgan fingerprint density at radius 2 is 1.33 bits per heavy atom. The van der Waals surface area contributed by atoms with Crippen LogP contribution in [-0.4, -0.2) is 23.0 Å². The molecule has 0 radical (unpaired) electrons. The number of carbonyl (C=O) groups is 1. The smallest absolute Gasteiger partial charge is 0.862 e. The first-order valence-corrected chi connectivity index (χ1v) is 11.6. The molecule has 1 aromatic carbocycles. The van der Waals surface area contributed by atoms with E-state index in [2.05, 4.69) is 11.9 Å². The Hall–Kier alpha value is -0.204. The molecule has 5 heteroatoms. The molecule has 1 aromatic rings. The Balaban J connectivity index is 0.00000841. The summed E-state index contributed by atoms with van der Waals surface area (Å²) in [5.74, 6) is -1.32. The molecule has 4 nitrogen and oxygen atoms in total.